The van der Waals surface area contributed by atoms with Gasteiger partial charge < -0.3 is 20.7 Å². The number of aryl methyl sites for hydroxylation is 2. The van der Waals surface area contributed by atoms with E-state index >= 15 is 0 Å². The van der Waals surface area contributed by atoms with Crippen LogP contribution in [0.2, 0.25) is 0 Å². The van der Waals surface area contributed by atoms with Gasteiger partial charge in [-0.15, -0.1) is 0 Å². The van der Waals surface area contributed by atoms with E-state index in [0.717, 1.165) is 35.9 Å². The number of nitrogens with one attached hydrogen (secondary N) is 3. The van der Waals surface area contributed by atoms with Crippen LogP contribution in [0.25, 0.3) is 10.9 Å². The van der Waals surface area contributed by atoms with E-state index in [9.17, 15) is 9.59 Å². The van der Waals surface area contributed by atoms with Gasteiger partial charge in [-0.3, -0.25) is 9.78 Å². The number of hydrogen-bond acceptors (Lipinski definition) is 4. The first-order chi connectivity index (χ1) is 15.0. The van der Waals surface area contributed by atoms with E-state index in [1.807, 2.05) is 38.1 Å². The lowest BCUT2D eigenvalue weighted by molar-refractivity contribution is 0.102. The largest absolute Gasteiger partial charge is 0.376 e. The minimum Gasteiger partial charge on any atom is -0.376 e. The smallest absolute Gasteiger partial charge is 0.319 e. The highest BCUT2D eigenvalue weighted by molar-refractivity contribution is 6.07. The van der Waals surface area contributed by atoms with Gasteiger partial charge in [0.25, 0.3) is 5.91 Å². The van der Waals surface area contributed by atoms with E-state index in [1.165, 1.54) is 0 Å². The first kappa shape index (κ1) is 20.8. The van der Waals surface area contributed by atoms with E-state index in [0.29, 0.717) is 29.2 Å². The number of aromatic nitrogens is 1. The van der Waals surface area contributed by atoms with E-state index in [2.05, 4.69) is 20.9 Å². The summed E-state index contributed by atoms with van der Waals surface area (Å²) in [6.45, 7) is 5.10. The van der Waals surface area contributed by atoms with Gasteiger partial charge in [0.15, 0.2) is 0 Å². The van der Waals surface area contributed by atoms with Crippen LogP contribution in [0.3, 0.4) is 0 Å². The monoisotopic (exact) mass is 418 g/mol. The van der Waals surface area contributed by atoms with Crippen molar-refractivity contribution in [1.29, 1.82) is 0 Å². The normalized spacial score (nSPS) is 15.6. The van der Waals surface area contributed by atoms with Crippen molar-refractivity contribution in [2.45, 2.75) is 32.8 Å². The molecule has 3 N–H and O–H groups in total. The average Bonchev–Trinajstić information content (AvgIpc) is 3.27. The summed E-state index contributed by atoms with van der Waals surface area (Å²) in [5, 5.41) is 9.43. The molecule has 1 saturated heterocycles. The molecule has 1 unspecified atom stereocenters. The molecule has 0 bridgehead atoms. The Balaban J connectivity index is 1.37. The standard InChI is InChI=1S/C24H26N4O3/c1-15-5-10-22-17(12-15)13-21(16(2)26-22)23(29)27-18-6-8-19(9-7-18)28-24(30)25-14-20-4-3-11-31-20/h5-10,12-13,20H,3-4,11,14H2,1-2H3,(H,27,29)(H2,25,28,30). The highest BCUT2D eigenvalue weighted by Gasteiger charge is 2.16. The number of ether oxygens (including phenoxy) is 1. The third-order valence-electron chi connectivity index (χ3n) is 5.32. The molecule has 2 heterocycles. The quantitative estimate of drug-likeness (QED) is 0.572. The topological polar surface area (TPSA) is 92.4 Å². The molecule has 1 aliphatic heterocycles. The Labute approximate surface area is 181 Å². The van der Waals surface area contributed by atoms with Gasteiger partial charge in [0.05, 0.1) is 22.9 Å². The third-order valence-corrected chi connectivity index (χ3v) is 5.32. The van der Waals surface area contributed by atoms with Crippen molar-refractivity contribution in [2.75, 3.05) is 23.8 Å². The average molecular weight is 418 g/mol. The molecule has 1 aliphatic rings. The van der Waals surface area contributed by atoms with Crippen molar-refractivity contribution in [1.82, 2.24) is 10.3 Å². The third kappa shape index (κ3) is 5.19. The highest BCUT2D eigenvalue weighted by Crippen LogP contribution is 2.20. The van der Waals surface area contributed by atoms with Crippen molar-refractivity contribution in [3.63, 3.8) is 0 Å². The summed E-state index contributed by atoms with van der Waals surface area (Å²) in [5.74, 6) is -0.219. The molecule has 2 aromatic carbocycles. The minimum absolute atomic E-state index is 0.0975. The molecule has 7 heteroatoms. The van der Waals surface area contributed by atoms with Crippen molar-refractivity contribution in [3.8, 4) is 0 Å². The van der Waals surface area contributed by atoms with Crippen LogP contribution >= 0.6 is 0 Å². The SMILES string of the molecule is Cc1ccc2nc(C)c(C(=O)Nc3ccc(NC(=O)NCC4CCCO4)cc3)cc2c1. The Hall–Kier alpha value is -3.45. The van der Waals surface area contributed by atoms with Crippen LogP contribution in [0.4, 0.5) is 16.2 Å². The fraction of sp³-hybridized carbons (Fsp3) is 0.292. The summed E-state index contributed by atoms with van der Waals surface area (Å²) < 4.78 is 5.49. The van der Waals surface area contributed by atoms with Crippen molar-refractivity contribution in [3.05, 3.63) is 65.4 Å². The Morgan fingerprint density at radius 2 is 1.77 bits per heavy atom. The molecule has 0 aliphatic carbocycles. The van der Waals surface area contributed by atoms with Crippen LogP contribution in [-0.4, -0.2) is 36.2 Å². The maximum atomic E-state index is 12.8. The van der Waals surface area contributed by atoms with E-state index in [1.54, 1.807) is 24.3 Å². The number of fused-ring (bicyclic) bond motifs is 1. The van der Waals surface area contributed by atoms with Gasteiger partial charge in [0.2, 0.25) is 0 Å². The zero-order valence-electron chi connectivity index (χ0n) is 17.7. The van der Waals surface area contributed by atoms with Crippen molar-refractivity contribution >= 4 is 34.2 Å². The molecule has 1 fully saturated rings. The molecule has 3 aromatic rings. The van der Waals surface area contributed by atoms with Crippen LogP contribution in [0.5, 0.6) is 0 Å². The molecule has 160 valence electrons. The number of carbonyl (C=O) groups excluding carboxylic acids is 2. The first-order valence-corrected chi connectivity index (χ1v) is 10.4. The van der Waals surface area contributed by atoms with Gasteiger partial charge >= 0.3 is 6.03 Å². The molecule has 0 saturated carbocycles. The molecule has 0 spiro atoms. The minimum atomic E-state index is -0.277. The van der Waals surface area contributed by atoms with E-state index in [-0.39, 0.29) is 18.0 Å². The molecule has 7 nitrogen and oxygen atoms in total. The van der Waals surface area contributed by atoms with Crippen LogP contribution in [0, 0.1) is 13.8 Å². The Kier molecular flexibility index (Phi) is 6.13. The lowest BCUT2D eigenvalue weighted by Gasteiger charge is -2.12. The molecule has 3 amide bonds. The summed E-state index contributed by atoms with van der Waals surface area (Å²) in [4.78, 5) is 29.4. The second-order valence-electron chi connectivity index (χ2n) is 7.82. The zero-order valence-corrected chi connectivity index (χ0v) is 17.7. The lowest BCUT2D eigenvalue weighted by atomic mass is 10.1. The number of amides is 3. The molecule has 1 atom stereocenters. The zero-order chi connectivity index (χ0) is 21.8. The van der Waals surface area contributed by atoms with Crippen LogP contribution < -0.4 is 16.0 Å². The van der Waals surface area contributed by atoms with Crippen molar-refractivity contribution in [2.24, 2.45) is 0 Å². The number of rotatable bonds is 5. The number of nitrogens with zero attached hydrogens (tertiary/aromatic N) is 1. The summed E-state index contributed by atoms with van der Waals surface area (Å²) in [5.41, 5.74) is 4.48. The van der Waals surface area contributed by atoms with Gasteiger partial charge in [0.1, 0.15) is 0 Å². The second-order valence-corrected chi connectivity index (χ2v) is 7.82. The van der Waals surface area contributed by atoms with Gasteiger partial charge in [-0.1, -0.05) is 11.6 Å². The summed E-state index contributed by atoms with van der Waals surface area (Å²) in [7, 11) is 0. The fourth-order valence-electron chi connectivity index (χ4n) is 3.64. The van der Waals surface area contributed by atoms with Crippen LogP contribution in [0.1, 0.15) is 34.5 Å². The van der Waals surface area contributed by atoms with Crippen LogP contribution in [-0.2, 0) is 4.74 Å². The predicted molar refractivity (Wildman–Crippen MR) is 122 cm³/mol. The fourth-order valence-corrected chi connectivity index (χ4v) is 3.64. The number of urea groups is 1. The highest BCUT2D eigenvalue weighted by atomic mass is 16.5. The van der Waals surface area contributed by atoms with Crippen LogP contribution in [0.15, 0.2) is 48.5 Å². The number of carbonyl (C=O) groups is 2. The molecular formula is C24H26N4O3. The molecule has 0 radical (unpaired) electrons. The molecule has 4 rings (SSSR count). The number of anilines is 2. The summed E-state index contributed by atoms with van der Waals surface area (Å²) in [6.07, 6.45) is 2.11. The van der Waals surface area contributed by atoms with Gasteiger partial charge in [0, 0.05) is 29.9 Å². The molecule has 1 aromatic heterocycles. The number of benzene rings is 2. The second kappa shape index (κ2) is 9.14. The number of pyridine rings is 1. The van der Waals surface area contributed by atoms with E-state index < -0.39 is 0 Å². The summed E-state index contributed by atoms with van der Waals surface area (Å²) in [6, 6.07) is 14.6. The van der Waals surface area contributed by atoms with Gasteiger partial charge in [-0.25, -0.2) is 4.79 Å². The van der Waals surface area contributed by atoms with E-state index in [4.69, 9.17) is 4.74 Å². The number of hydrogen-bond donors (Lipinski definition) is 3. The molecule has 31 heavy (non-hydrogen) atoms. The maximum absolute atomic E-state index is 12.8. The Bertz CT molecular complexity index is 1110. The Morgan fingerprint density at radius 3 is 2.48 bits per heavy atom. The predicted octanol–water partition coefficient (Wildman–Crippen LogP) is 4.40. The molecular weight excluding hydrogens is 392 g/mol. The maximum Gasteiger partial charge on any atom is 0.319 e. The van der Waals surface area contributed by atoms with Crippen molar-refractivity contribution < 1.29 is 14.3 Å². The van der Waals surface area contributed by atoms with Gasteiger partial charge in [-0.2, -0.15) is 0 Å². The summed E-state index contributed by atoms with van der Waals surface area (Å²) >= 11 is 0. The Morgan fingerprint density at radius 1 is 1.03 bits per heavy atom. The lowest BCUT2D eigenvalue weighted by Crippen LogP contribution is -2.35. The first-order valence-electron chi connectivity index (χ1n) is 10.4. The van der Waals surface area contributed by atoms with Gasteiger partial charge in [-0.05, 0) is 69.2 Å².